The number of carbonyl (C=O) groups is 1. The van der Waals surface area contributed by atoms with E-state index in [4.69, 9.17) is 0 Å². The molecule has 4 heteroatoms. The van der Waals surface area contributed by atoms with Gasteiger partial charge in [-0.1, -0.05) is 43.2 Å². The van der Waals surface area contributed by atoms with Crippen LogP contribution in [0.15, 0.2) is 30.3 Å². The topological polar surface area (TPSA) is 61.4 Å². The van der Waals surface area contributed by atoms with E-state index in [2.05, 4.69) is 22.8 Å². The second kappa shape index (κ2) is 6.69. The van der Waals surface area contributed by atoms with Gasteiger partial charge in [0.15, 0.2) is 0 Å². The number of hydrogen-bond acceptors (Lipinski definition) is 2. The lowest BCUT2D eigenvalue weighted by molar-refractivity contribution is 0.200. The third kappa shape index (κ3) is 3.61. The first-order valence-electron chi connectivity index (χ1n) is 8.43. The average molecular weight is 302 g/mol. The monoisotopic (exact) mass is 302 g/mol. The molecule has 0 heterocycles. The molecule has 1 aromatic carbocycles. The van der Waals surface area contributed by atoms with E-state index >= 15 is 0 Å². The summed E-state index contributed by atoms with van der Waals surface area (Å²) in [7, 11) is 0. The largest absolute Gasteiger partial charge is 0.396 e. The van der Waals surface area contributed by atoms with Gasteiger partial charge in [-0.2, -0.15) is 0 Å². The minimum absolute atomic E-state index is 0.0487. The van der Waals surface area contributed by atoms with Crippen LogP contribution in [0.2, 0.25) is 0 Å². The molecule has 0 aliphatic heterocycles. The molecule has 1 unspecified atom stereocenters. The fraction of sp³-hybridized carbons (Fsp3) is 0.611. The Labute approximate surface area is 132 Å². The van der Waals surface area contributed by atoms with Gasteiger partial charge < -0.3 is 15.7 Å². The Morgan fingerprint density at radius 3 is 2.50 bits per heavy atom. The molecule has 2 amide bonds. The molecule has 0 saturated heterocycles. The number of carbonyl (C=O) groups excluding carboxylic acids is 1. The van der Waals surface area contributed by atoms with Crippen LogP contribution in [-0.2, 0) is 0 Å². The van der Waals surface area contributed by atoms with E-state index in [0.717, 1.165) is 12.8 Å². The summed E-state index contributed by atoms with van der Waals surface area (Å²) >= 11 is 0. The van der Waals surface area contributed by atoms with Crippen molar-refractivity contribution in [1.29, 1.82) is 0 Å². The molecule has 2 fully saturated rings. The molecule has 4 nitrogen and oxygen atoms in total. The van der Waals surface area contributed by atoms with Crippen molar-refractivity contribution in [2.45, 2.75) is 44.6 Å². The summed E-state index contributed by atoms with van der Waals surface area (Å²) in [5.74, 6) is 0.529. The fourth-order valence-corrected chi connectivity index (χ4v) is 3.45. The maximum absolute atomic E-state index is 12.3. The molecule has 22 heavy (non-hydrogen) atoms. The molecule has 3 rings (SSSR count). The zero-order valence-electron chi connectivity index (χ0n) is 13.1. The number of amides is 2. The van der Waals surface area contributed by atoms with Crippen molar-refractivity contribution in [2.24, 2.45) is 11.3 Å². The van der Waals surface area contributed by atoms with E-state index in [1.165, 1.54) is 31.2 Å². The lowest BCUT2D eigenvalue weighted by Crippen LogP contribution is -2.42. The van der Waals surface area contributed by atoms with Crippen LogP contribution in [-0.4, -0.2) is 24.3 Å². The number of benzene rings is 1. The Morgan fingerprint density at radius 2 is 1.91 bits per heavy atom. The first kappa shape index (κ1) is 15.3. The molecule has 3 N–H and O–H groups in total. The molecule has 120 valence electrons. The maximum Gasteiger partial charge on any atom is 0.315 e. The zero-order chi connectivity index (χ0) is 15.4. The van der Waals surface area contributed by atoms with Crippen molar-refractivity contribution < 1.29 is 9.90 Å². The van der Waals surface area contributed by atoms with Crippen molar-refractivity contribution in [2.75, 3.05) is 13.2 Å². The number of urea groups is 1. The van der Waals surface area contributed by atoms with Crippen LogP contribution in [0.3, 0.4) is 0 Å². The van der Waals surface area contributed by atoms with Crippen LogP contribution in [0.1, 0.15) is 50.1 Å². The normalized spacial score (nSPS) is 21.3. The van der Waals surface area contributed by atoms with Gasteiger partial charge in [0.1, 0.15) is 0 Å². The molecule has 2 aliphatic carbocycles. The van der Waals surface area contributed by atoms with Gasteiger partial charge in [0.25, 0.3) is 0 Å². The zero-order valence-corrected chi connectivity index (χ0v) is 13.1. The van der Waals surface area contributed by atoms with E-state index in [0.29, 0.717) is 12.5 Å². The SMILES string of the molecule is O=C(NCC1(CO)CC1)NC(c1ccccc1)C1CCCC1. The highest BCUT2D eigenvalue weighted by Crippen LogP contribution is 2.44. The highest BCUT2D eigenvalue weighted by molar-refractivity contribution is 5.74. The summed E-state index contributed by atoms with van der Waals surface area (Å²) < 4.78 is 0. The summed E-state index contributed by atoms with van der Waals surface area (Å²) in [6.45, 7) is 0.736. The van der Waals surface area contributed by atoms with Crippen LogP contribution in [0, 0.1) is 11.3 Å². The summed E-state index contributed by atoms with van der Waals surface area (Å²) in [6.07, 6.45) is 6.89. The Bertz CT molecular complexity index is 493. The highest BCUT2D eigenvalue weighted by Gasteiger charge is 2.42. The molecule has 1 atom stereocenters. The van der Waals surface area contributed by atoms with Crippen LogP contribution in [0.5, 0.6) is 0 Å². The summed E-state index contributed by atoms with van der Waals surface area (Å²) in [5.41, 5.74) is 1.14. The third-order valence-corrected chi connectivity index (χ3v) is 5.23. The Balaban J connectivity index is 1.61. The van der Waals surface area contributed by atoms with Crippen LogP contribution in [0.4, 0.5) is 4.79 Å². The number of hydrogen-bond donors (Lipinski definition) is 3. The van der Waals surface area contributed by atoms with Crippen molar-refractivity contribution in [3.63, 3.8) is 0 Å². The van der Waals surface area contributed by atoms with Crippen LogP contribution < -0.4 is 10.6 Å². The van der Waals surface area contributed by atoms with Gasteiger partial charge in [0, 0.05) is 12.0 Å². The van der Waals surface area contributed by atoms with E-state index in [1.54, 1.807) is 0 Å². The maximum atomic E-state index is 12.3. The second-order valence-corrected chi connectivity index (χ2v) is 6.92. The number of rotatable bonds is 6. The predicted molar refractivity (Wildman–Crippen MR) is 86.4 cm³/mol. The van der Waals surface area contributed by atoms with Gasteiger partial charge in [0.05, 0.1) is 12.6 Å². The molecular formula is C18H26N2O2. The van der Waals surface area contributed by atoms with Gasteiger partial charge in [-0.15, -0.1) is 0 Å². The molecule has 1 aromatic rings. The Kier molecular flexibility index (Phi) is 4.67. The van der Waals surface area contributed by atoms with Crippen molar-refractivity contribution in [3.05, 3.63) is 35.9 Å². The lowest BCUT2D eigenvalue weighted by Gasteiger charge is -2.26. The van der Waals surface area contributed by atoms with Gasteiger partial charge in [-0.05, 0) is 37.2 Å². The molecule has 0 radical (unpaired) electrons. The van der Waals surface area contributed by atoms with Crippen molar-refractivity contribution >= 4 is 6.03 Å². The summed E-state index contributed by atoms with van der Waals surface area (Å²) in [5, 5.41) is 15.4. The van der Waals surface area contributed by atoms with Crippen LogP contribution >= 0.6 is 0 Å². The summed E-state index contributed by atoms with van der Waals surface area (Å²) in [6, 6.07) is 10.2. The smallest absolute Gasteiger partial charge is 0.315 e. The molecule has 0 bridgehead atoms. The Hall–Kier alpha value is -1.55. The lowest BCUT2D eigenvalue weighted by atomic mass is 9.92. The van der Waals surface area contributed by atoms with Crippen molar-refractivity contribution in [1.82, 2.24) is 10.6 Å². The van der Waals surface area contributed by atoms with Gasteiger partial charge in [-0.25, -0.2) is 4.79 Å². The van der Waals surface area contributed by atoms with E-state index < -0.39 is 0 Å². The number of aliphatic hydroxyl groups is 1. The fourth-order valence-electron chi connectivity index (χ4n) is 3.45. The molecule has 0 spiro atoms. The minimum atomic E-state index is -0.111. The van der Waals surface area contributed by atoms with E-state index in [9.17, 15) is 9.90 Å². The number of nitrogens with one attached hydrogen (secondary N) is 2. The number of aliphatic hydroxyl groups excluding tert-OH is 1. The van der Waals surface area contributed by atoms with E-state index in [1.807, 2.05) is 18.2 Å². The molecule has 0 aromatic heterocycles. The standard InChI is InChI=1S/C18H26N2O2/c21-13-18(10-11-18)12-19-17(22)20-16(15-8-4-5-9-15)14-6-2-1-3-7-14/h1-3,6-7,15-16,21H,4-5,8-13H2,(H2,19,20,22). The molecular weight excluding hydrogens is 276 g/mol. The minimum Gasteiger partial charge on any atom is -0.396 e. The Morgan fingerprint density at radius 1 is 1.23 bits per heavy atom. The van der Waals surface area contributed by atoms with Gasteiger partial charge >= 0.3 is 6.03 Å². The highest BCUT2D eigenvalue weighted by atomic mass is 16.3. The third-order valence-electron chi connectivity index (χ3n) is 5.23. The molecule has 2 saturated carbocycles. The van der Waals surface area contributed by atoms with Crippen LogP contribution in [0.25, 0.3) is 0 Å². The van der Waals surface area contributed by atoms with Gasteiger partial charge in [0.2, 0.25) is 0 Å². The first-order chi connectivity index (χ1) is 10.7. The predicted octanol–water partition coefficient (Wildman–Crippen LogP) is 2.99. The van der Waals surface area contributed by atoms with E-state index in [-0.39, 0.29) is 24.1 Å². The second-order valence-electron chi connectivity index (χ2n) is 6.92. The first-order valence-corrected chi connectivity index (χ1v) is 8.43. The van der Waals surface area contributed by atoms with Crippen molar-refractivity contribution in [3.8, 4) is 0 Å². The quantitative estimate of drug-likeness (QED) is 0.756. The average Bonchev–Trinajstić information content (AvgIpc) is 3.15. The summed E-state index contributed by atoms with van der Waals surface area (Å²) in [4.78, 5) is 12.3. The molecule has 2 aliphatic rings. The van der Waals surface area contributed by atoms with Gasteiger partial charge in [-0.3, -0.25) is 0 Å².